The number of phenolic OH excluding ortho intramolecular Hbond substituents is 1. The molecule has 4 rings (SSSR count). The molecule has 9 nitrogen and oxygen atoms in total. The van der Waals surface area contributed by atoms with Crippen LogP contribution in [0.5, 0.6) is 11.5 Å². The number of hydrogen-bond donors (Lipinski definition) is 3. The number of carboxylic acid groups (broad SMARTS) is 1. The Bertz CT molecular complexity index is 1210. The minimum atomic E-state index is -1.25. The van der Waals surface area contributed by atoms with Crippen molar-refractivity contribution in [3.8, 4) is 11.5 Å². The molecule has 0 fully saturated rings. The lowest BCUT2D eigenvalue weighted by molar-refractivity contribution is -0.135. The number of halogens is 1. The molecule has 0 saturated heterocycles. The van der Waals surface area contributed by atoms with Crippen molar-refractivity contribution in [1.29, 1.82) is 0 Å². The number of carboxylic acids is 1. The van der Waals surface area contributed by atoms with E-state index in [1.807, 2.05) is 0 Å². The van der Waals surface area contributed by atoms with Gasteiger partial charge < -0.3 is 25.2 Å². The van der Waals surface area contributed by atoms with Crippen LogP contribution in [0.25, 0.3) is 10.9 Å². The van der Waals surface area contributed by atoms with E-state index in [2.05, 4.69) is 10.3 Å². The number of ether oxygens (including phenoxy) is 1. The first-order valence-corrected chi connectivity index (χ1v) is 9.19. The third-order valence-electron chi connectivity index (χ3n) is 4.80. The lowest BCUT2D eigenvalue weighted by Crippen LogP contribution is -2.32. The highest BCUT2D eigenvalue weighted by molar-refractivity contribution is 6.09. The Hall–Kier alpha value is -4.21. The van der Waals surface area contributed by atoms with E-state index in [1.165, 1.54) is 23.2 Å². The molecule has 31 heavy (non-hydrogen) atoms. The van der Waals surface area contributed by atoms with Gasteiger partial charge in [0.15, 0.2) is 5.75 Å². The molecule has 0 atom stereocenters. The van der Waals surface area contributed by atoms with Gasteiger partial charge in [0.05, 0.1) is 12.1 Å². The SMILES string of the molecule is O=C(O)CNC(=O)Oc1c2c(c(O)c3ncccc13)C(=O)N(Cc1ccc(F)cc1)C2. The summed E-state index contributed by atoms with van der Waals surface area (Å²) in [6.07, 6.45) is 0.392. The van der Waals surface area contributed by atoms with Gasteiger partial charge in [-0.3, -0.25) is 14.6 Å². The molecule has 3 aromatic rings. The molecule has 0 saturated carbocycles. The third-order valence-corrected chi connectivity index (χ3v) is 4.80. The number of phenols is 1. The van der Waals surface area contributed by atoms with E-state index in [0.717, 1.165) is 0 Å². The first-order valence-electron chi connectivity index (χ1n) is 9.19. The zero-order valence-corrected chi connectivity index (χ0v) is 16.0. The summed E-state index contributed by atoms with van der Waals surface area (Å²) in [5, 5.41) is 21.8. The van der Waals surface area contributed by atoms with Gasteiger partial charge in [-0.05, 0) is 29.8 Å². The number of fused-ring (bicyclic) bond motifs is 2. The monoisotopic (exact) mass is 425 g/mol. The first-order chi connectivity index (χ1) is 14.8. The van der Waals surface area contributed by atoms with Crippen molar-refractivity contribution in [2.24, 2.45) is 0 Å². The number of amides is 2. The molecule has 1 aromatic heterocycles. The number of aliphatic carboxylic acids is 1. The number of aromatic hydroxyl groups is 1. The minimum absolute atomic E-state index is 0.00810. The quantitative estimate of drug-likeness (QED) is 0.572. The van der Waals surface area contributed by atoms with Gasteiger partial charge in [-0.1, -0.05) is 12.1 Å². The smallest absolute Gasteiger partial charge is 0.413 e. The first kappa shape index (κ1) is 20.1. The number of rotatable bonds is 5. The largest absolute Gasteiger partial charge is 0.505 e. The van der Waals surface area contributed by atoms with Crippen LogP contribution in [-0.4, -0.2) is 44.6 Å². The zero-order chi connectivity index (χ0) is 22.1. The fraction of sp³-hybridized carbons (Fsp3) is 0.143. The number of hydrogen-bond acceptors (Lipinski definition) is 6. The lowest BCUT2D eigenvalue weighted by atomic mass is 10.0. The summed E-state index contributed by atoms with van der Waals surface area (Å²) < 4.78 is 18.5. The van der Waals surface area contributed by atoms with E-state index < -0.39 is 30.3 Å². The summed E-state index contributed by atoms with van der Waals surface area (Å²) in [6.45, 7) is -0.488. The third kappa shape index (κ3) is 3.82. The summed E-state index contributed by atoms with van der Waals surface area (Å²) >= 11 is 0. The van der Waals surface area contributed by atoms with Crippen LogP contribution in [0.2, 0.25) is 0 Å². The van der Waals surface area contributed by atoms with Crippen molar-refractivity contribution >= 4 is 28.9 Å². The predicted molar refractivity (Wildman–Crippen MR) is 105 cm³/mol. The second-order valence-corrected chi connectivity index (χ2v) is 6.86. The second-order valence-electron chi connectivity index (χ2n) is 6.86. The van der Waals surface area contributed by atoms with Crippen molar-refractivity contribution in [3.05, 3.63) is 65.1 Å². The molecule has 1 aliphatic rings. The highest BCUT2D eigenvalue weighted by atomic mass is 19.1. The summed E-state index contributed by atoms with van der Waals surface area (Å²) in [5.41, 5.74) is 0.968. The van der Waals surface area contributed by atoms with E-state index in [4.69, 9.17) is 9.84 Å². The van der Waals surface area contributed by atoms with Crippen LogP contribution < -0.4 is 10.1 Å². The maximum absolute atomic E-state index is 13.2. The molecule has 2 amide bonds. The molecule has 0 unspecified atom stereocenters. The van der Waals surface area contributed by atoms with Gasteiger partial charge in [-0.2, -0.15) is 0 Å². The molecule has 3 N–H and O–H groups in total. The summed E-state index contributed by atoms with van der Waals surface area (Å²) in [6, 6.07) is 8.78. The van der Waals surface area contributed by atoms with Crippen LogP contribution in [0.4, 0.5) is 9.18 Å². The summed E-state index contributed by atoms with van der Waals surface area (Å²) in [5.74, 6) is -2.48. The highest BCUT2D eigenvalue weighted by Crippen LogP contribution is 2.44. The molecule has 0 aliphatic carbocycles. The number of benzene rings is 2. The van der Waals surface area contributed by atoms with Crippen LogP contribution >= 0.6 is 0 Å². The Labute approximate surface area is 174 Å². The van der Waals surface area contributed by atoms with E-state index in [9.17, 15) is 23.9 Å². The topological polar surface area (TPSA) is 129 Å². The number of carbonyl (C=O) groups excluding carboxylic acids is 2. The average molecular weight is 425 g/mol. The number of aromatic nitrogens is 1. The number of pyridine rings is 1. The predicted octanol–water partition coefficient (Wildman–Crippen LogP) is 2.41. The Morgan fingerprint density at radius 2 is 1.97 bits per heavy atom. The van der Waals surface area contributed by atoms with Crippen molar-refractivity contribution in [3.63, 3.8) is 0 Å². The fourth-order valence-corrected chi connectivity index (χ4v) is 3.45. The van der Waals surface area contributed by atoms with Crippen LogP contribution in [0.15, 0.2) is 42.6 Å². The summed E-state index contributed by atoms with van der Waals surface area (Å²) in [4.78, 5) is 41.3. The van der Waals surface area contributed by atoms with Gasteiger partial charge >= 0.3 is 12.1 Å². The van der Waals surface area contributed by atoms with Gasteiger partial charge in [0.2, 0.25) is 0 Å². The zero-order valence-electron chi connectivity index (χ0n) is 16.0. The lowest BCUT2D eigenvalue weighted by Gasteiger charge is -2.16. The van der Waals surface area contributed by atoms with Crippen molar-refractivity contribution < 1.29 is 33.7 Å². The molecule has 0 radical (unpaired) electrons. The molecule has 2 heterocycles. The Morgan fingerprint density at radius 1 is 1.23 bits per heavy atom. The molecule has 0 bridgehead atoms. The molecular formula is C21H16FN3O6. The normalized spacial score (nSPS) is 12.7. The van der Waals surface area contributed by atoms with Gasteiger partial charge in [0, 0.05) is 23.7 Å². The number of nitrogens with one attached hydrogen (secondary N) is 1. The standard InChI is InChI=1S/C21H16FN3O6/c22-12-5-3-11(4-6-12)9-25-10-14-16(20(25)29)18(28)17-13(2-1-7-23-17)19(14)31-21(30)24-8-15(26)27/h1-7,28H,8-10H2,(H,24,30)(H,26,27). The van der Waals surface area contributed by atoms with Gasteiger partial charge in [-0.25, -0.2) is 9.18 Å². The minimum Gasteiger partial charge on any atom is -0.505 e. The molecule has 2 aromatic carbocycles. The van der Waals surface area contributed by atoms with E-state index >= 15 is 0 Å². The Kier molecular flexibility index (Phi) is 5.12. The van der Waals surface area contributed by atoms with E-state index in [-0.39, 0.29) is 41.2 Å². The van der Waals surface area contributed by atoms with Gasteiger partial charge in [0.1, 0.15) is 23.6 Å². The average Bonchev–Trinajstić information content (AvgIpc) is 3.07. The maximum atomic E-state index is 13.2. The molecular weight excluding hydrogens is 409 g/mol. The van der Waals surface area contributed by atoms with Crippen molar-refractivity contribution in [2.75, 3.05) is 6.54 Å². The van der Waals surface area contributed by atoms with Crippen molar-refractivity contribution in [2.45, 2.75) is 13.1 Å². The molecule has 10 heteroatoms. The van der Waals surface area contributed by atoms with Crippen LogP contribution in [0.3, 0.4) is 0 Å². The van der Waals surface area contributed by atoms with E-state index in [1.54, 1.807) is 24.3 Å². The van der Waals surface area contributed by atoms with Crippen LogP contribution in [-0.2, 0) is 17.9 Å². The Morgan fingerprint density at radius 3 is 2.68 bits per heavy atom. The molecule has 158 valence electrons. The number of nitrogens with zero attached hydrogens (tertiary/aromatic N) is 2. The maximum Gasteiger partial charge on any atom is 0.413 e. The fourth-order valence-electron chi connectivity index (χ4n) is 3.45. The van der Waals surface area contributed by atoms with Crippen molar-refractivity contribution in [1.82, 2.24) is 15.2 Å². The molecule has 0 spiro atoms. The second kappa shape index (κ2) is 7.90. The number of carbonyl (C=O) groups is 3. The summed E-state index contributed by atoms with van der Waals surface area (Å²) in [7, 11) is 0. The van der Waals surface area contributed by atoms with Crippen LogP contribution in [0.1, 0.15) is 21.5 Å². The van der Waals surface area contributed by atoms with Gasteiger partial charge in [-0.15, -0.1) is 0 Å². The highest BCUT2D eigenvalue weighted by Gasteiger charge is 2.36. The molecule has 1 aliphatic heterocycles. The Balaban J connectivity index is 1.73. The van der Waals surface area contributed by atoms with Gasteiger partial charge in [0.25, 0.3) is 5.91 Å². The van der Waals surface area contributed by atoms with Crippen LogP contribution in [0, 0.1) is 5.82 Å². The van der Waals surface area contributed by atoms with E-state index in [0.29, 0.717) is 10.9 Å².